The molecule has 2 unspecified atom stereocenters. The van der Waals surface area contributed by atoms with Crippen LogP contribution in [0, 0.1) is 23.2 Å². The van der Waals surface area contributed by atoms with E-state index in [-0.39, 0.29) is 4.21 Å². The third kappa shape index (κ3) is 2.91. The summed E-state index contributed by atoms with van der Waals surface area (Å²) in [6.07, 6.45) is 3.46. The minimum atomic E-state index is -3.44. The van der Waals surface area contributed by atoms with Crippen molar-refractivity contribution in [2.24, 2.45) is 11.8 Å². The zero-order valence-electron chi connectivity index (χ0n) is 10.2. The Morgan fingerprint density at radius 1 is 1.50 bits per heavy atom. The lowest BCUT2D eigenvalue weighted by Crippen LogP contribution is -2.29. The van der Waals surface area contributed by atoms with Gasteiger partial charge in [0, 0.05) is 6.54 Å². The number of rotatable bonds is 4. The fourth-order valence-corrected chi connectivity index (χ4v) is 4.58. The van der Waals surface area contributed by atoms with Crippen LogP contribution < -0.4 is 4.72 Å². The van der Waals surface area contributed by atoms with Gasteiger partial charge in [0.05, 0.1) is 0 Å². The van der Waals surface area contributed by atoms with Gasteiger partial charge in [0.15, 0.2) is 0 Å². The van der Waals surface area contributed by atoms with Crippen molar-refractivity contribution >= 4 is 21.4 Å². The van der Waals surface area contributed by atoms with Gasteiger partial charge < -0.3 is 0 Å². The van der Waals surface area contributed by atoms with Crippen molar-refractivity contribution in [1.29, 1.82) is 5.26 Å². The lowest BCUT2D eigenvalue weighted by atomic mass is 9.99. The topological polar surface area (TPSA) is 70.0 Å². The molecule has 0 spiro atoms. The van der Waals surface area contributed by atoms with Crippen molar-refractivity contribution < 1.29 is 8.42 Å². The predicted octanol–water partition coefficient (Wildman–Crippen LogP) is 2.33. The van der Waals surface area contributed by atoms with Crippen LogP contribution in [0.25, 0.3) is 0 Å². The average molecular weight is 284 g/mol. The monoisotopic (exact) mass is 284 g/mol. The predicted molar refractivity (Wildman–Crippen MR) is 70.7 cm³/mol. The van der Waals surface area contributed by atoms with E-state index in [1.807, 2.05) is 6.07 Å². The number of thiophene rings is 1. The van der Waals surface area contributed by atoms with E-state index in [0.29, 0.717) is 23.3 Å². The van der Waals surface area contributed by atoms with Crippen LogP contribution in [0.1, 0.15) is 31.1 Å². The standard InChI is InChI=1S/C12H16N2O2S2/c1-9-3-2-4-10(9)8-14-18(15,16)12-6-5-11(7-13)17-12/h5-6,9-10,14H,2-4,8H2,1H3. The molecule has 0 bridgehead atoms. The van der Waals surface area contributed by atoms with Gasteiger partial charge in [-0.05, 0) is 30.4 Å². The summed E-state index contributed by atoms with van der Waals surface area (Å²) in [5, 5.41) is 8.70. The van der Waals surface area contributed by atoms with Crippen molar-refractivity contribution in [2.45, 2.75) is 30.4 Å². The van der Waals surface area contributed by atoms with E-state index >= 15 is 0 Å². The van der Waals surface area contributed by atoms with Gasteiger partial charge in [-0.15, -0.1) is 11.3 Å². The summed E-state index contributed by atoms with van der Waals surface area (Å²) in [6, 6.07) is 4.98. The normalized spacial score (nSPS) is 24.0. The van der Waals surface area contributed by atoms with Crippen LogP contribution in [0.3, 0.4) is 0 Å². The fraction of sp³-hybridized carbons (Fsp3) is 0.583. The Balaban J connectivity index is 2.01. The van der Waals surface area contributed by atoms with E-state index < -0.39 is 10.0 Å². The first kappa shape index (κ1) is 13.5. The molecule has 1 saturated carbocycles. The minimum absolute atomic E-state index is 0.227. The highest BCUT2D eigenvalue weighted by Crippen LogP contribution is 2.31. The molecule has 1 aromatic heterocycles. The second kappa shape index (κ2) is 5.39. The Kier molecular flexibility index (Phi) is 4.05. The Morgan fingerprint density at radius 3 is 2.83 bits per heavy atom. The molecule has 1 fully saturated rings. The van der Waals surface area contributed by atoms with Crippen molar-refractivity contribution in [1.82, 2.24) is 4.72 Å². The van der Waals surface area contributed by atoms with E-state index in [0.717, 1.165) is 17.8 Å². The SMILES string of the molecule is CC1CCCC1CNS(=O)(=O)c1ccc(C#N)s1. The van der Waals surface area contributed by atoms with Crippen LogP contribution in [0.4, 0.5) is 0 Å². The second-order valence-corrected chi connectivity index (χ2v) is 7.83. The molecule has 1 aromatic rings. The highest BCUT2D eigenvalue weighted by Gasteiger charge is 2.25. The Morgan fingerprint density at radius 2 is 2.28 bits per heavy atom. The zero-order chi connectivity index (χ0) is 13.2. The molecule has 0 aromatic carbocycles. The zero-order valence-corrected chi connectivity index (χ0v) is 11.9. The van der Waals surface area contributed by atoms with Crippen molar-refractivity contribution in [3.8, 4) is 6.07 Å². The maximum atomic E-state index is 12.0. The number of nitriles is 1. The molecule has 1 aliphatic rings. The third-order valence-electron chi connectivity index (χ3n) is 3.53. The molecule has 0 amide bonds. The Hall–Kier alpha value is -0.900. The first-order valence-electron chi connectivity index (χ1n) is 6.02. The van der Waals surface area contributed by atoms with Crippen LogP contribution in [0.15, 0.2) is 16.3 Å². The van der Waals surface area contributed by atoms with Gasteiger partial charge in [-0.25, -0.2) is 13.1 Å². The maximum Gasteiger partial charge on any atom is 0.250 e. The first-order chi connectivity index (χ1) is 8.53. The van der Waals surface area contributed by atoms with Gasteiger partial charge in [-0.1, -0.05) is 19.8 Å². The summed E-state index contributed by atoms with van der Waals surface area (Å²) in [5.74, 6) is 1.03. The van der Waals surface area contributed by atoms with Gasteiger partial charge >= 0.3 is 0 Å². The van der Waals surface area contributed by atoms with E-state index in [2.05, 4.69) is 11.6 Å². The van der Waals surface area contributed by atoms with Crippen molar-refractivity contribution in [3.63, 3.8) is 0 Å². The van der Waals surface area contributed by atoms with Crippen LogP contribution in [-0.2, 0) is 10.0 Å². The third-order valence-corrected chi connectivity index (χ3v) is 6.44. The number of hydrogen-bond donors (Lipinski definition) is 1. The van der Waals surface area contributed by atoms with Gasteiger partial charge in [-0.3, -0.25) is 0 Å². The summed E-state index contributed by atoms with van der Waals surface area (Å²) in [4.78, 5) is 0.421. The van der Waals surface area contributed by atoms with E-state index in [4.69, 9.17) is 5.26 Å². The molecular weight excluding hydrogens is 268 g/mol. The lowest BCUT2D eigenvalue weighted by Gasteiger charge is -2.15. The Bertz CT molecular complexity index is 557. The van der Waals surface area contributed by atoms with Crippen LogP contribution in [0.2, 0.25) is 0 Å². The molecule has 6 heteroatoms. The van der Waals surface area contributed by atoms with Crippen LogP contribution >= 0.6 is 11.3 Å². The van der Waals surface area contributed by atoms with Gasteiger partial charge in [0.1, 0.15) is 15.2 Å². The van der Waals surface area contributed by atoms with Crippen molar-refractivity contribution in [3.05, 3.63) is 17.0 Å². The largest absolute Gasteiger partial charge is 0.250 e. The highest BCUT2D eigenvalue weighted by molar-refractivity contribution is 7.91. The molecule has 1 N–H and O–H groups in total. The molecule has 98 valence electrons. The summed E-state index contributed by atoms with van der Waals surface area (Å²) >= 11 is 1.01. The summed E-state index contributed by atoms with van der Waals surface area (Å²) in [5.41, 5.74) is 0. The van der Waals surface area contributed by atoms with Gasteiger partial charge in [0.2, 0.25) is 10.0 Å². The molecule has 0 radical (unpaired) electrons. The second-order valence-electron chi connectivity index (χ2n) is 4.75. The summed E-state index contributed by atoms with van der Waals surface area (Å²) in [7, 11) is -3.44. The molecule has 2 atom stereocenters. The molecular formula is C12H16N2O2S2. The molecule has 0 saturated heterocycles. The number of hydrogen-bond acceptors (Lipinski definition) is 4. The van der Waals surface area contributed by atoms with Crippen LogP contribution in [0.5, 0.6) is 0 Å². The highest BCUT2D eigenvalue weighted by atomic mass is 32.2. The lowest BCUT2D eigenvalue weighted by molar-refractivity contribution is 0.414. The number of nitrogens with one attached hydrogen (secondary N) is 1. The maximum absolute atomic E-state index is 12.0. The minimum Gasteiger partial charge on any atom is -0.210 e. The number of sulfonamides is 1. The number of nitrogens with zero attached hydrogens (tertiary/aromatic N) is 1. The van der Waals surface area contributed by atoms with E-state index in [1.165, 1.54) is 25.0 Å². The smallest absolute Gasteiger partial charge is 0.210 e. The fourth-order valence-electron chi connectivity index (χ4n) is 2.34. The average Bonchev–Trinajstić information content (AvgIpc) is 2.95. The molecule has 4 nitrogen and oxygen atoms in total. The Labute approximate surface area is 112 Å². The van der Waals surface area contributed by atoms with Crippen LogP contribution in [-0.4, -0.2) is 15.0 Å². The summed E-state index contributed by atoms with van der Waals surface area (Å²) < 4.78 is 26.9. The van der Waals surface area contributed by atoms with E-state index in [9.17, 15) is 8.42 Å². The first-order valence-corrected chi connectivity index (χ1v) is 8.32. The molecule has 18 heavy (non-hydrogen) atoms. The van der Waals surface area contributed by atoms with E-state index in [1.54, 1.807) is 0 Å². The molecule has 1 aliphatic carbocycles. The van der Waals surface area contributed by atoms with Crippen molar-refractivity contribution in [2.75, 3.05) is 6.54 Å². The summed E-state index contributed by atoms with van der Waals surface area (Å²) in [6.45, 7) is 2.67. The quantitative estimate of drug-likeness (QED) is 0.922. The molecule has 1 heterocycles. The molecule has 2 rings (SSSR count). The van der Waals surface area contributed by atoms with Gasteiger partial charge in [0.25, 0.3) is 0 Å². The van der Waals surface area contributed by atoms with Gasteiger partial charge in [-0.2, -0.15) is 5.26 Å². The molecule has 0 aliphatic heterocycles.